The van der Waals surface area contributed by atoms with Gasteiger partial charge in [0.25, 0.3) is 0 Å². The number of rotatable bonds is 2. The molecular formula is C12H6Cl4N2. The molecule has 0 aromatic heterocycles. The quantitative estimate of drug-likeness (QED) is 0.549. The van der Waals surface area contributed by atoms with Gasteiger partial charge in [0.15, 0.2) is 0 Å². The average Bonchev–Trinajstić information content (AvgIpc) is 2.23. The van der Waals surface area contributed by atoms with Crippen LogP contribution in [0.3, 0.4) is 0 Å². The topological polar surface area (TPSA) is 24.7 Å². The minimum absolute atomic E-state index is 0.501. The fourth-order valence-corrected chi connectivity index (χ4v) is 2.34. The summed E-state index contributed by atoms with van der Waals surface area (Å²) in [5, 5.41) is 10.0. The number of halogens is 4. The van der Waals surface area contributed by atoms with Crippen molar-refractivity contribution in [3.05, 3.63) is 56.5 Å². The minimum Gasteiger partial charge on any atom is -0.150 e. The van der Waals surface area contributed by atoms with E-state index in [1.807, 2.05) is 0 Å². The zero-order valence-corrected chi connectivity index (χ0v) is 11.9. The van der Waals surface area contributed by atoms with Crippen molar-refractivity contribution in [2.24, 2.45) is 10.2 Å². The first-order valence-electron chi connectivity index (χ1n) is 4.87. The third kappa shape index (κ3) is 3.85. The van der Waals surface area contributed by atoms with Crippen LogP contribution in [0.5, 0.6) is 0 Å². The van der Waals surface area contributed by atoms with Gasteiger partial charge in [0.2, 0.25) is 0 Å². The highest BCUT2D eigenvalue weighted by Gasteiger charge is 1.99. The van der Waals surface area contributed by atoms with E-state index in [1.54, 1.807) is 36.4 Å². The highest BCUT2D eigenvalue weighted by molar-refractivity contribution is 6.35. The molecule has 0 heterocycles. The van der Waals surface area contributed by atoms with E-state index in [9.17, 15) is 0 Å². The molecule has 18 heavy (non-hydrogen) atoms. The monoisotopic (exact) mass is 318 g/mol. The van der Waals surface area contributed by atoms with Gasteiger partial charge >= 0.3 is 0 Å². The predicted molar refractivity (Wildman–Crippen MR) is 77.1 cm³/mol. The maximum atomic E-state index is 5.85. The van der Waals surface area contributed by atoms with E-state index in [0.717, 1.165) is 0 Å². The lowest BCUT2D eigenvalue weighted by Crippen LogP contribution is -1.69. The van der Waals surface area contributed by atoms with Gasteiger partial charge in [0, 0.05) is 20.1 Å². The van der Waals surface area contributed by atoms with Crippen molar-refractivity contribution in [3.63, 3.8) is 0 Å². The van der Waals surface area contributed by atoms with E-state index < -0.39 is 0 Å². The molecular weight excluding hydrogens is 314 g/mol. The summed E-state index contributed by atoms with van der Waals surface area (Å²) in [6.45, 7) is 0. The summed E-state index contributed by atoms with van der Waals surface area (Å²) in [7, 11) is 0. The summed E-state index contributed by atoms with van der Waals surface area (Å²) >= 11 is 23.4. The van der Waals surface area contributed by atoms with Gasteiger partial charge in [-0.2, -0.15) is 10.2 Å². The van der Waals surface area contributed by atoms with Gasteiger partial charge in [0.1, 0.15) is 0 Å². The van der Waals surface area contributed by atoms with Crippen LogP contribution < -0.4 is 0 Å². The Labute approximate surface area is 124 Å². The predicted octanol–water partition coefficient (Wildman–Crippen LogP) is 6.72. The zero-order valence-electron chi connectivity index (χ0n) is 8.87. The molecule has 2 aromatic carbocycles. The number of nitrogens with zero attached hydrogens (tertiary/aromatic N) is 2. The fraction of sp³-hybridized carbons (Fsp3) is 0. The van der Waals surface area contributed by atoms with Gasteiger partial charge in [-0.15, -0.1) is 0 Å². The van der Waals surface area contributed by atoms with Crippen LogP contribution in [-0.4, -0.2) is 0 Å². The van der Waals surface area contributed by atoms with Crippen LogP contribution in [0, 0.1) is 0 Å². The van der Waals surface area contributed by atoms with Crippen LogP contribution in [0.15, 0.2) is 46.6 Å². The van der Waals surface area contributed by atoms with Crippen molar-refractivity contribution >= 4 is 57.8 Å². The summed E-state index contributed by atoms with van der Waals surface area (Å²) in [5.74, 6) is 0. The van der Waals surface area contributed by atoms with Crippen LogP contribution >= 0.6 is 46.4 Å². The first-order chi connectivity index (χ1) is 8.52. The second-order valence-corrected chi connectivity index (χ2v) is 5.20. The molecule has 0 aliphatic heterocycles. The third-order valence-electron chi connectivity index (χ3n) is 1.98. The van der Waals surface area contributed by atoms with Gasteiger partial charge in [-0.05, 0) is 36.4 Å². The molecule has 6 heteroatoms. The lowest BCUT2D eigenvalue weighted by molar-refractivity contribution is 1.23. The Morgan fingerprint density at radius 2 is 0.778 bits per heavy atom. The van der Waals surface area contributed by atoms with Gasteiger partial charge in [0.05, 0.1) is 11.4 Å². The molecule has 0 bridgehead atoms. The molecule has 0 aliphatic carbocycles. The zero-order chi connectivity index (χ0) is 13.1. The molecule has 2 nitrogen and oxygen atoms in total. The molecule has 0 aliphatic rings. The fourth-order valence-electron chi connectivity index (χ4n) is 1.31. The summed E-state index contributed by atoms with van der Waals surface area (Å²) in [6, 6.07) is 9.87. The van der Waals surface area contributed by atoms with Crippen LogP contribution in [0.1, 0.15) is 0 Å². The van der Waals surface area contributed by atoms with Crippen LogP contribution in [0.4, 0.5) is 11.4 Å². The van der Waals surface area contributed by atoms with Crippen molar-refractivity contribution < 1.29 is 0 Å². The molecule has 2 aromatic rings. The summed E-state index contributed by atoms with van der Waals surface area (Å²) in [6.07, 6.45) is 0. The lowest BCUT2D eigenvalue weighted by Gasteiger charge is -1.98. The molecule has 0 fully saturated rings. The highest BCUT2D eigenvalue weighted by atomic mass is 35.5. The van der Waals surface area contributed by atoms with Crippen molar-refractivity contribution in [2.45, 2.75) is 0 Å². The molecule has 0 radical (unpaired) electrons. The number of hydrogen-bond donors (Lipinski definition) is 0. The van der Waals surface area contributed by atoms with E-state index in [1.165, 1.54) is 0 Å². The molecule has 0 saturated heterocycles. The second-order valence-electron chi connectivity index (χ2n) is 3.46. The average molecular weight is 320 g/mol. The summed E-state index contributed by atoms with van der Waals surface area (Å²) in [4.78, 5) is 0. The van der Waals surface area contributed by atoms with E-state index >= 15 is 0 Å². The first kappa shape index (κ1) is 13.6. The van der Waals surface area contributed by atoms with Gasteiger partial charge in [-0.1, -0.05) is 46.4 Å². The van der Waals surface area contributed by atoms with Crippen molar-refractivity contribution in [2.75, 3.05) is 0 Å². The molecule has 2 rings (SSSR count). The number of azo groups is 1. The molecule has 0 unspecified atom stereocenters. The smallest absolute Gasteiger partial charge is 0.0886 e. The Morgan fingerprint density at radius 3 is 1.06 bits per heavy atom. The first-order valence-corrected chi connectivity index (χ1v) is 6.38. The van der Waals surface area contributed by atoms with E-state index in [4.69, 9.17) is 46.4 Å². The second kappa shape index (κ2) is 5.89. The van der Waals surface area contributed by atoms with Crippen LogP contribution in [-0.2, 0) is 0 Å². The molecule has 0 N–H and O–H groups in total. The SMILES string of the molecule is Clc1cc(Cl)cc(N=Nc2cc(Cl)cc(Cl)c2)c1. The van der Waals surface area contributed by atoms with Crippen molar-refractivity contribution in [1.82, 2.24) is 0 Å². The maximum absolute atomic E-state index is 5.85. The van der Waals surface area contributed by atoms with Crippen molar-refractivity contribution in [3.8, 4) is 0 Å². The molecule has 0 amide bonds. The maximum Gasteiger partial charge on any atom is 0.0886 e. The minimum atomic E-state index is 0.501. The molecule has 92 valence electrons. The molecule has 0 saturated carbocycles. The van der Waals surface area contributed by atoms with Crippen molar-refractivity contribution in [1.29, 1.82) is 0 Å². The van der Waals surface area contributed by atoms with E-state index in [-0.39, 0.29) is 0 Å². The Hall–Kier alpha value is -0.800. The third-order valence-corrected chi connectivity index (χ3v) is 2.85. The summed E-state index contributed by atoms with van der Waals surface area (Å²) in [5.41, 5.74) is 1.12. The van der Waals surface area contributed by atoms with E-state index in [2.05, 4.69) is 10.2 Å². The van der Waals surface area contributed by atoms with Crippen LogP contribution in [0.2, 0.25) is 20.1 Å². The van der Waals surface area contributed by atoms with E-state index in [0.29, 0.717) is 31.5 Å². The van der Waals surface area contributed by atoms with Crippen LogP contribution in [0.25, 0.3) is 0 Å². The largest absolute Gasteiger partial charge is 0.150 e. The van der Waals surface area contributed by atoms with Gasteiger partial charge in [-0.3, -0.25) is 0 Å². The standard InChI is InChI=1S/C12H6Cl4N2/c13-7-1-8(14)4-11(3-7)17-18-12-5-9(15)2-10(16)6-12/h1-6H. The Kier molecular flexibility index (Phi) is 4.46. The Morgan fingerprint density at radius 1 is 0.500 bits per heavy atom. The highest BCUT2D eigenvalue weighted by Crippen LogP contribution is 2.28. The van der Waals surface area contributed by atoms with Gasteiger partial charge in [-0.25, -0.2) is 0 Å². The van der Waals surface area contributed by atoms with Gasteiger partial charge < -0.3 is 0 Å². The lowest BCUT2D eigenvalue weighted by atomic mass is 10.3. The Balaban J connectivity index is 2.29. The normalized spacial score (nSPS) is 11.1. The number of benzene rings is 2. The molecule has 0 atom stereocenters. The Bertz CT molecular complexity index is 517. The molecule has 0 spiro atoms. The summed E-state index contributed by atoms with van der Waals surface area (Å²) < 4.78 is 0. The number of hydrogen-bond acceptors (Lipinski definition) is 2.